The molecule has 1 aliphatic rings. The fourth-order valence-corrected chi connectivity index (χ4v) is 3.87. The van der Waals surface area contributed by atoms with E-state index >= 15 is 0 Å². The zero-order valence-corrected chi connectivity index (χ0v) is 19.2. The highest BCUT2D eigenvalue weighted by Crippen LogP contribution is 2.33. The van der Waals surface area contributed by atoms with Gasteiger partial charge in [-0.3, -0.25) is 14.4 Å². The minimum atomic E-state index is -0.509. The molecule has 0 aliphatic carbocycles. The summed E-state index contributed by atoms with van der Waals surface area (Å²) in [6.45, 7) is 0.489. The Bertz CT molecular complexity index is 1040. The Kier molecular flexibility index (Phi) is 7.82. The first-order chi connectivity index (χ1) is 15.3. The van der Waals surface area contributed by atoms with Gasteiger partial charge in [0, 0.05) is 18.1 Å². The SMILES string of the molecule is COc1cc2c(cc1OC)CN(C(=O)CNC(=O)CNC(=O)c1ccc(Cl)cc1Cl)CC2. The van der Waals surface area contributed by atoms with Gasteiger partial charge in [-0.1, -0.05) is 23.2 Å². The number of hydrogen-bond acceptors (Lipinski definition) is 5. The molecule has 2 N–H and O–H groups in total. The van der Waals surface area contributed by atoms with E-state index in [1.807, 2.05) is 12.1 Å². The van der Waals surface area contributed by atoms with Crippen molar-refractivity contribution < 1.29 is 23.9 Å². The summed E-state index contributed by atoms with van der Waals surface area (Å²) >= 11 is 11.8. The zero-order valence-electron chi connectivity index (χ0n) is 17.7. The summed E-state index contributed by atoms with van der Waals surface area (Å²) in [5.41, 5.74) is 2.28. The van der Waals surface area contributed by atoms with Crippen LogP contribution >= 0.6 is 23.2 Å². The van der Waals surface area contributed by atoms with Crippen molar-refractivity contribution in [1.29, 1.82) is 0 Å². The minimum absolute atomic E-state index is 0.168. The number of carbonyl (C=O) groups excluding carboxylic acids is 3. The molecule has 0 fully saturated rings. The molecule has 0 unspecified atom stereocenters. The van der Waals surface area contributed by atoms with Crippen LogP contribution in [0.1, 0.15) is 21.5 Å². The van der Waals surface area contributed by atoms with Gasteiger partial charge in [-0.2, -0.15) is 0 Å². The number of nitrogens with one attached hydrogen (secondary N) is 2. The molecule has 32 heavy (non-hydrogen) atoms. The van der Waals surface area contributed by atoms with E-state index in [0.29, 0.717) is 36.0 Å². The van der Waals surface area contributed by atoms with E-state index < -0.39 is 11.8 Å². The second-order valence-corrected chi connectivity index (χ2v) is 7.97. The largest absolute Gasteiger partial charge is 0.493 e. The Labute approximate surface area is 195 Å². The van der Waals surface area contributed by atoms with Crippen LogP contribution < -0.4 is 20.1 Å². The highest BCUT2D eigenvalue weighted by atomic mass is 35.5. The number of benzene rings is 2. The quantitative estimate of drug-likeness (QED) is 0.635. The number of halogens is 2. The van der Waals surface area contributed by atoms with Crippen LogP contribution in [0.4, 0.5) is 0 Å². The molecule has 0 radical (unpaired) electrons. The lowest BCUT2D eigenvalue weighted by Crippen LogP contribution is -2.45. The molecule has 8 nitrogen and oxygen atoms in total. The summed E-state index contributed by atoms with van der Waals surface area (Å²) in [6, 6.07) is 8.24. The Morgan fingerprint density at radius 1 is 0.969 bits per heavy atom. The minimum Gasteiger partial charge on any atom is -0.493 e. The van der Waals surface area contributed by atoms with Crippen LogP contribution in [-0.2, 0) is 22.6 Å². The maximum absolute atomic E-state index is 12.6. The lowest BCUT2D eigenvalue weighted by Gasteiger charge is -2.29. The molecule has 3 rings (SSSR count). The predicted molar refractivity (Wildman–Crippen MR) is 120 cm³/mol. The number of hydrogen-bond donors (Lipinski definition) is 2. The van der Waals surface area contributed by atoms with Crippen molar-refractivity contribution in [2.24, 2.45) is 0 Å². The molecule has 1 aliphatic heterocycles. The van der Waals surface area contributed by atoms with E-state index in [-0.39, 0.29) is 29.6 Å². The van der Waals surface area contributed by atoms with Crippen molar-refractivity contribution in [2.75, 3.05) is 33.9 Å². The van der Waals surface area contributed by atoms with Gasteiger partial charge in [-0.15, -0.1) is 0 Å². The van der Waals surface area contributed by atoms with Crippen LogP contribution in [0.2, 0.25) is 10.0 Å². The van der Waals surface area contributed by atoms with Crippen molar-refractivity contribution >= 4 is 40.9 Å². The van der Waals surface area contributed by atoms with Crippen LogP contribution in [0.25, 0.3) is 0 Å². The summed E-state index contributed by atoms with van der Waals surface area (Å²) in [7, 11) is 3.14. The molecule has 3 amide bonds. The van der Waals surface area contributed by atoms with Gasteiger partial charge in [0.05, 0.1) is 37.9 Å². The van der Waals surface area contributed by atoms with E-state index in [1.54, 1.807) is 19.1 Å². The van der Waals surface area contributed by atoms with Gasteiger partial charge in [0.2, 0.25) is 11.8 Å². The third-order valence-corrected chi connectivity index (χ3v) is 5.64. The summed E-state index contributed by atoms with van der Waals surface area (Å²) in [5, 5.41) is 5.59. The Morgan fingerprint density at radius 2 is 1.66 bits per heavy atom. The molecular formula is C22H23Cl2N3O5. The first kappa shape index (κ1) is 23.7. The van der Waals surface area contributed by atoms with Gasteiger partial charge in [-0.25, -0.2) is 0 Å². The molecule has 0 bridgehead atoms. The second-order valence-electron chi connectivity index (χ2n) is 7.12. The van der Waals surface area contributed by atoms with Gasteiger partial charge in [0.25, 0.3) is 5.91 Å². The fraction of sp³-hybridized carbons (Fsp3) is 0.318. The maximum Gasteiger partial charge on any atom is 0.253 e. The number of amides is 3. The topological polar surface area (TPSA) is 97.0 Å². The summed E-state index contributed by atoms with van der Waals surface area (Å²) < 4.78 is 10.7. The Hall–Kier alpha value is -2.97. The lowest BCUT2D eigenvalue weighted by atomic mass is 9.98. The van der Waals surface area contributed by atoms with Crippen molar-refractivity contribution in [3.8, 4) is 11.5 Å². The van der Waals surface area contributed by atoms with Crippen LogP contribution in [0, 0.1) is 0 Å². The average molecular weight is 480 g/mol. The fourth-order valence-electron chi connectivity index (χ4n) is 3.37. The van der Waals surface area contributed by atoms with Crippen LogP contribution in [0.3, 0.4) is 0 Å². The van der Waals surface area contributed by atoms with Crippen molar-refractivity contribution in [3.63, 3.8) is 0 Å². The first-order valence-electron chi connectivity index (χ1n) is 9.84. The molecule has 0 saturated heterocycles. The molecule has 2 aromatic rings. The van der Waals surface area contributed by atoms with Gasteiger partial charge >= 0.3 is 0 Å². The average Bonchev–Trinajstić information content (AvgIpc) is 2.79. The van der Waals surface area contributed by atoms with Gasteiger partial charge in [0.1, 0.15) is 0 Å². The van der Waals surface area contributed by atoms with E-state index in [9.17, 15) is 14.4 Å². The second kappa shape index (κ2) is 10.6. The molecule has 0 saturated carbocycles. The molecular weight excluding hydrogens is 457 g/mol. The zero-order chi connectivity index (χ0) is 23.3. The van der Waals surface area contributed by atoms with Crippen molar-refractivity contribution in [1.82, 2.24) is 15.5 Å². The summed E-state index contributed by atoms with van der Waals surface area (Å²) in [5.74, 6) is 0.0437. The molecule has 170 valence electrons. The van der Waals surface area contributed by atoms with E-state index in [2.05, 4.69) is 10.6 Å². The third kappa shape index (κ3) is 5.63. The highest BCUT2D eigenvalue weighted by molar-refractivity contribution is 6.36. The van der Waals surface area contributed by atoms with E-state index in [0.717, 1.165) is 11.1 Å². The number of nitrogens with zero attached hydrogens (tertiary/aromatic N) is 1. The molecule has 0 spiro atoms. The van der Waals surface area contributed by atoms with Gasteiger partial charge < -0.3 is 25.0 Å². The summed E-state index contributed by atoms with van der Waals surface area (Å²) in [6.07, 6.45) is 0.674. The smallest absolute Gasteiger partial charge is 0.253 e. The lowest BCUT2D eigenvalue weighted by molar-refractivity contribution is -0.133. The number of fused-ring (bicyclic) bond motifs is 1. The van der Waals surface area contributed by atoms with Gasteiger partial charge in [-0.05, 0) is 47.9 Å². The standard InChI is InChI=1S/C22H23Cl2N3O5/c1-31-18-7-13-5-6-27(12-14(13)8-19(18)32-2)21(29)11-25-20(28)10-26-22(30)16-4-3-15(23)9-17(16)24/h3-4,7-9H,5-6,10-12H2,1-2H3,(H,25,28)(H,26,30). The maximum atomic E-state index is 12.6. The van der Waals surface area contributed by atoms with E-state index in [1.165, 1.54) is 18.2 Å². The molecule has 2 aromatic carbocycles. The molecule has 0 atom stereocenters. The Balaban J connectivity index is 1.49. The number of ether oxygens (including phenoxy) is 2. The van der Waals surface area contributed by atoms with E-state index in [4.69, 9.17) is 32.7 Å². The monoisotopic (exact) mass is 479 g/mol. The van der Waals surface area contributed by atoms with Crippen LogP contribution in [0.15, 0.2) is 30.3 Å². The van der Waals surface area contributed by atoms with Crippen molar-refractivity contribution in [3.05, 3.63) is 57.1 Å². The molecule has 10 heteroatoms. The number of methoxy groups -OCH3 is 2. The van der Waals surface area contributed by atoms with Crippen molar-refractivity contribution in [2.45, 2.75) is 13.0 Å². The predicted octanol–water partition coefficient (Wildman–Crippen LogP) is 2.44. The third-order valence-electron chi connectivity index (χ3n) is 5.09. The van der Waals surface area contributed by atoms with Crippen LogP contribution in [-0.4, -0.2) is 56.5 Å². The number of rotatable bonds is 7. The highest BCUT2D eigenvalue weighted by Gasteiger charge is 2.23. The molecule has 0 aromatic heterocycles. The molecule has 1 heterocycles. The van der Waals surface area contributed by atoms with Gasteiger partial charge in [0.15, 0.2) is 11.5 Å². The van der Waals surface area contributed by atoms with Crippen LogP contribution in [0.5, 0.6) is 11.5 Å². The first-order valence-corrected chi connectivity index (χ1v) is 10.6. The number of carbonyl (C=O) groups is 3. The normalized spacial score (nSPS) is 12.6. The Morgan fingerprint density at radius 3 is 2.31 bits per heavy atom. The summed E-state index contributed by atoms with van der Waals surface area (Å²) in [4.78, 5) is 38.5.